The van der Waals surface area contributed by atoms with Crippen LogP contribution in [-0.4, -0.2) is 11.6 Å². The van der Waals surface area contributed by atoms with Crippen LogP contribution in [0.15, 0.2) is 20.8 Å². The number of nitrogens with zero attached hydrogens (tertiary/aromatic N) is 2. The van der Waals surface area contributed by atoms with E-state index in [1.54, 1.807) is 34.7 Å². The van der Waals surface area contributed by atoms with Gasteiger partial charge in [0, 0.05) is 6.08 Å². The van der Waals surface area contributed by atoms with Gasteiger partial charge in [0.25, 0.3) is 0 Å². The second-order valence-electron chi connectivity index (χ2n) is 2.16. The van der Waals surface area contributed by atoms with E-state index in [4.69, 9.17) is 10.5 Å². The standard InChI is InChI=1S/C8HIN2O2/c9-6-1-7(12)4(2-10)5(3-11)8(6)13/h1H. The molecule has 0 saturated heterocycles. The van der Waals surface area contributed by atoms with E-state index in [1.165, 1.54) is 0 Å². The van der Waals surface area contributed by atoms with Gasteiger partial charge in [-0.05, 0) is 22.6 Å². The summed E-state index contributed by atoms with van der Waals surface area (Å²) in [7, 11) is 0. The molecule has 0 aliphatic heterocycles. The number of hydrogen-bond donors (Lipinski definition) is 0. The molecule has 62 valence electrons. The smallest absolute Gasteiger partial charge is 0.211 e. The van der Waals surface area contributed by atoms with E-state index in [9.17, 15) is 9.59 Å². The van der Waals surface area contributed by atoms with Crippen molar-refractivity contribution < 1.29 is 9.59 Å². The number of halogens is 1. The average molecular weight is 284 g/mol. The lowest BCUT2D eigenvalue weighted by atomic mass is 9.97. The third kappa shape index (κ3) is 1.51. The van der Waals surface area contributed by atoms with Crippen molar-refractivity contribution in [3.05, 3.63) is 20.8 Å². The van der Waals surface area contributed by atoms with E-state index >= 15 is 0 Å². The highest BCUT2D eigenvalue weighted by atomic mass is 127. The van der Waals surface area contributed by atoms with Crippen molar-refractivity contribution in [3.8, 4) is 12.1 Å². The zero-order chi connectivity index (χ0) is 10.0. The van der Waals surface area contributed by atoms with E-state index in [2.05, 4.69) is 0 Å². The first-order valence-electron chi connectivity index (χ1n) is 3.12. The van der Waals surface area contributed by atoms with Crippen molar-refractivity contribution in [1.82, 2.24) is 0 Å². The highest BCUT2D eigenvalue weighted by molar-refractivity contribution is 14.1. The van der Waals surface area contributed by atoms with Crippen LogP contribution in [0, 0.1) is 22.7 Å². The Morgan fingerprint density at radius 1 is 1.15 bits per heavy atom. The van der Waals surface area contributed by atoms with Crippen LogP contribution in [-0.2, 0) is 9.59 Å². The average Bonchev–Trinajstić information content (AvgIpc) is 2.10. The van der Waals surface area contributed by atoms with Crippen LogP contribution in [0.4, 0.5) is 0 Å². The number of nitriles is 2. The molecule has 0 spiro atoms. The van der Waals surface area contributed by atoms with Crippen molar-refractivity contribution >= 4 is 34.2 Å². The number of hydrogen-bond acceptors (Lipinski definition) is 4. The largest absolute Gasteiger partial charge is 0.288 e. The zero-order valence-electron chi connectivity index (χ0n) is 6.17. The van der Waals surface area contributed by atoms with Crippen LogP contribution >= 0.6 is 22.6 Å². The van der Waals surface area contributed by atoms with E-state index in [-0.39, 0.29) is 14.7 Å². The molecule has 5 heteroatoms. The first-order chi connectivity index (χ1) is 6.11. The second-order valence-corrected chi connectivity index (χ2v) is 3.32. The quantitative estimate of drug-likeness (QED) is 0.486. The summed E-state index contributed by atoms with van der Waals surface area (Å²) < 4.78 is 0.165. The number of carbonyl (C=O) groups excluding carboxylic acids is 2. The van der Waals surface area contributed by atoms with Crippen LogP contribution in [0.5, 0.6) is 0 Å². The Bertz CT molecular complexity index is 446. The summed E-state index contributed by atoms with van der Waals surface area (Å²) in [6.07, 6.45) is 1.06. The number of rotatable bonds is 0. The van der Waals surface area contributed by atoms with Gasteiger partial charge in [0.1, 0.15) is 23.3 Å². The first-order valence-corrected chi connectivity index (χ1v) is 4.20. The SMILES string of the molecule is N#CC1=C(C#N)C(=O)C(I)=CC1=O. The molecule has 0 bridgehead atoms. The van der Waals surface area contributed by atoms with Crippen LogP contribution in [0.25, 0.3) is 0 Å². The van der Waals surface area contributed by atoms with E-state index < -0.39 is 11.6 Å². The van der Waals surface area contributed by atoms with E-state index in [0.29, 0.717) is 0 Å². The molecule has 1 aliphatic carbocycles. The van der Waals surface area contributed by atoms with E-state index in [0.717, 1.165) is 6.08 Å². The fourth-order valence-electron chi connectivity index (χ4n) is 0.827. The highest BCUT2D eigenvalue weighted by Gasteiger charge is 2.27. The number of carbonyl (C=O) groups is 2. The fraction of sp³-hybridized carbons (Fsp3) is 0. The van der Waals surface area contributed by atoms with Gasteiger partial charge in [0.05, 0.1) is 3.58 Å². The van der Waals surface area contributed by atoms with Gasteiger partial charge < -0.3 is 0 Å². The molecule has 0 saturated carbocycles. The molecule has 0 fully saturated rings. The second kappa shape index (κ2) is 3.50. The van der Waals surface area contributed by atoms with Gasteiger partial charge >= 0.3 is 0 Å². The van der Waals surface area contributed by atoms with Gasteiger partial charge in [-0.15, -0.1) is 0 Å². The Morgan fingerprint density at radius 2 is 1.69 bits per heavy atom. The predicted octanol–water partition coefficient (Wildman–Crippen LogP) is 0.801. The number of Topliss-reactive ketones (excluding diaryl/α,β-unsaturated/α-hetero) is 1. The molecule has 0 heterocycles. The Hall–Kier alpha value is -1.47. The maximum absolute atomic E-state index is 11.2. The summed E-state index contributed by atoms with van der Waals surface area (Å²) in [6, 6.07) is 3.10. The topological polar surface area (TPSA) is 81.7 Å². The maximum atomic E-state index is 11.2. The molecule has 0 atom stereocenters. The summed E-state index contributed by atoms with van der Waals surface area (Å²) in [5, 5.41) is 17.0. The van der Waals surface area contributed by atoms with Crippen LogP contribution in [0.1, 0.15) is 0 Å². The maximum Gasteiger partial charge on any atom is 0.211 e. The molecule has 0 aromatic rings. The third-order valence-electron chi connectivity index (χ3n) is 1.42. The molecule has 0 radical (unpaired) electrons. The molecule has 1 rings (SSSR count). The van der Waals surface area contributed by atoms with E-state index in [1.807, 2.05) is 0 Å². The molecule has 13 heavy (non-hydrogen) atoms. The third-order valence-corrected chi connectivity index (χ3v) is 2.22. The number of allylic oxidation sites excluding steroid dienone is 4. The minimum Gasteiger partial charge on any atom is -0.288 e. The molecule has 0 N–H and O–H groups in total. The van der Waals surface area contributed by atoms with Crippen molar-refractivity contribution in [2.45, 2.75) is 0 Å². The van der Waals surface area contributed by atoms with Gasteiger partial charge in [-0.2, -0.15) is 10.5 Å². The van der Waals surface area contributed by atoms with Crippen LogP contribution in [0.3, 0.4) is 0 Å². The zero-order valence-corrected chi connectivity index (χ0v) is 8.32. The summed E-state index contributed by atoms with van der Waals surface area (Å²) in [6.45, 7) is 0. The molecule has 1 aliphatic rings. The fourth-order valence-corrected chi connectivity index (χ4v) is 1.38. The molecule has 0 amide bonds. The summed E-state index contributed by atoms with van der Waals surface area (Å²) >= 11 is 1.66. The highest BCUT2D eigenvalue weighted by Crippen LogP contribution is 2.22. The van der Waals surface area contributed by atoms with Crippen LogP contribution in [0.2, 0.25) is 0 Å². The monoisotopic (exact) mass is 284 g/mol. The lowest BCUT2D eigenvalue weighted by Crippen LogP contribution is -2.15. The summed E-state index contributed by atoms with van der Waals surface area (Å²) in [4.78, 5) is 22.3. The summed E-state index contributed by atoms with van der Waals surface area (Å²) in [5.41, 5.74) is -0.729. The first kappa shape index (κ1) is 9.62. The minimum atomic E-state index is -0.581. The normalized spacial score (nSPS) is 16.4. The molecule has 4 nitrogen and oxygen atoms in total. The van der Waals surface area contributed by atoms with Gasteiger partial charge in [-0.1, -0.05) is 0 Å². The Labute approximate surface area is 87.3 Å². The Morgan fingerprint density at radius 3 is 2.15 bits per heavy atom. The van der Waals surface area contributed by atoms with Crippen molar-refractivity contribution in [3.63, 3.8) is 0 Å². The van der Waals surface area contributed by atoms with Gasteiger partial charge in [-0.3, -0.25) is 9.59 Å². The van der Waals surface area contributed by atoms with Gasteiger partial charge in [0.2, 0.25) is 5.78 Å². The lowest BCUT2D eigenvalue weighted by molar-refractivity contribution is -0.114. The van der Waals surface area contributed by atoms with Crippen LogP contribution < -0.4 is 0 Å². The van der Waals surface area contributed by atoms with Crippen molar-refractivity contribution in [1.29, 1.82) is 10.5 Å². The Balaban J connectivity index is 3.41. The number of ketones is 2. The molecular weight excluding hydrogens is 283 g/mol. The lowest BCUT2D eigenvalue weighted by Gasteiger charge is -2.04. The van der Waals surface area contributed by atoms with Crippen molar-refractivity contribution in [2.24, 2.45) is 0 Å². The summed E-state index contributed by atoms with van der Waals surface area (Å²) in [5.74, 6) is -1.14. The Kier molecular flexibility index (Phi) is 2.59. The van der Waals surface area contributed by atoms with Gasteiger partial charge in [-0.25, -0.2) is 0 Å². The van der Waals surface area contributed by atoms with Crippen molar-refractivity contribution in [2.75, 3.05) is 0 Å². The van der Waals surface area contributed by atoms with Gasteiger partial charge in [0.15, 0.2) is 5.78 Å². The molecular formula is C8HIN2O2. The molecule has 0 aromatic carbocycles. The minimum absolute atomic E-state index is 0.165. The molecule has 0 aromatic heterocycles. The molecule has 0 unspecified atom stereocenters. The predicted molar refractivity (Wildman–Crippen MR) is 50.4 cm³/mol.